The van der Waals surface area contributed by atoms with Gasteiger partial charge in [-0.05, 0) is 39.5 Å². The van der Waals surface area contributed by atoms with Crippen molar-refractivity contribution in [2.45, 2.75) is 128 Å². The van der Waals surface area contributed by atoms with Crippen molar-refractivity contribution in [1.82, 2.24) is 5.06 Å². The first-order valence-corrected chi connectivity index (χ1v) is 11.2. The highest BCUT2D eigenvalue weighted by Gasteiger charge is 2.45. The molecule has 1 rings (SSSR count). The van der Waals surface area contributed by atoms with Crippen molar-refractivity contribution < 1.29 is 14.6 Å². The van der Waals surface area contributed by atoms with Crippen molar-refractivity contribution in [3.05, 3.63) is 5.21 Å². The molecule has 1 fully saturated rings. The molecule has 1 heterocycles. The fraction of sp³-hybridized carbons (Fsp3) is 0.955. The molecule has 5 nitrogen and oxygen atoms in total. The van der Waals surface area contributed by atoms with Gasteiger partial charge in [-0.3, -0.25) is 4.79 Å². The van der Waals surface area contributed by atoms with Crippen LogP contribution in [0.3, 0.4) is 0 Å². The topological polar surface area (TPSA) is 72.8 Å². The van der Waals surface area contributed by atoms with Crippen LogP contribution in [0, 0.1) is 5.21 Å². The molecule has 1 aliphatic heterocycles. The Bertz CT molecular complexity index is 413. The van der Waals surface area contributed by atoms with Gasteiger partial charge in [0.25, 0.3) is 0 Å². The average molecular weight is 385 g/mol. The zero-order valence-corrected chi connectivity index (χ0v) is 17.9. The second-order valence-electron chi connectivity index (χ2n) is 8.87. The van der Waals surface area contributed by atoms with E-state index in [2.05, 4.69) is 6.92 Å². The van der Waals surface area contributed by atoms with Gasteiger partial charge >= 0.3 is 5.97 Å². The summed E-state index contributed by atoms with van der Waals surface area (Å²) in [6, 6.07) is 0. The SMILES string of the molecule is CCCCCCCCCCCCCC1(CCCC(=O)O)OCC(C)(C)N1[O-]. The third kappa shape index (κ3) is 8.93. The third-order valence-electron chi connectivity index (χ3n) is 5.74. The Balaban J connectivity index is 2.23. The molecule has 1 N–H and O–H groups in total. The molecule has 1 atom stereocenters. The quantitative estimate of drug-likeness (QED) is 0.318. The number of aliphatic carboxylic acids is 1. The monoisotopic (exact) mass is 384 g/mol. The molecule has 160 valence electrons. The number of hydrogen-bond acceptors (Lipinski definition) is 4. The van der Waals surface area contributed by atoms with Crippen LogP contribution in [-0.2, 0) is 9.53 Å². The summed E-state index contributed by atoms with van der Waals surface area (Å²) >= 11 is 0. The first kappa shape index (κ1) is 24.4. The molecule has 1 saturated heterocycles. The molecule has 0 aromatic carbocycles. The van der Waals surface area contributed by atoms with Crippen molar-refractivity contribution in [3.63, 3.8) is 0 Å². The van der Waals surface area contributed by atoms with E-state index in [1.165, 1.54) is 57.8 Å². The summed E-state index contributed by atoms with van der Waals surface area (Å²) in [5.41, 5.74) is -1.35. The van der Waals surface area contributed by atoms with Crippen molar-refractivity contribution in [3.8, 4) is 0 Å². The Morgan fingerprint density at radius 2 is 1.41 bits per heavy atom. The van der Waals surface area contributed by atoms with Gasteiger partial charge in [0, 0.05) is 12.0 Å². The van der Waals surface area contributed by atoms with E-state index in [-0.39, 0.29) is 6.42 Å². The predicted molar refractivity (Wildman–Crippen MR) is 111 cm³/mol. The minimum atomic E-state index is -0.821. The fourth-order valence-electron chi connectivity index (χ4n) is 4.03. The average Bonchev–Trinajstić information content (AvgIpc) is 2.84. The summed E-state index contributed by atoms with van der Waals surface area (Å²) < 4.78 is 5.96. The van der Waals surface area contributed by atoms with Crippen LogP contribution in [0.5, 0.6) is 0 Å². The van der Waals surface area contributed by atoms with E-state index in [0.717, 1.165) is 17.9 Å². The number of carboxylic acids is 1. The van der Waals surface area contributed by atoms with Crippen molar-refractivity contribution in [2.75, 3.05) is 6.61 Å². The van der Waals surface area contributed by atoms with Gasteiger partial charge in [-0.15, -0.1) is 0 Å². The lowest BCUT2D eigenvalue weighted by Gasteiger charge is -2.47. The zero-order valence-electron chi connectivity index (χ0n) is 17.9. The van der Waals surface area contributed by atoms with E-state index >= 15 is 0 Å². The Labute approximate surface area is 166 Å². The van der Waals surface area contributed by atoms with E-state index in [4.69, 9.17) is 9.84 Å². The maximum absolute atomic E-state index is 12.8. The van der Waals surface area contributed by atoms with Crippen LogP contribution in [0.4, 0.5) is 0 Å². The maximum atomic E-state index is 12.8. The summed E-state index contributed by atoms with van der Waals surface area (Å²) in [7, 11) is 0. The van der Waals surface area contributed by atoms with E-state index in [1.54, 1.807) is 0 Å². The number of carboxylic acid groups (broad SMARTS) is 1. The molecule has 0 aromatic heterocycles. The summed E-state index contributed by atoms with van der Waals surface area (Å²) in [4.78, 5) is 10.8. The van der Waals surface area contributed by atoms with Gasteiger partial charge in [-0.1, -0.05) is 71.1 Å². The Morgan fingerprint density at radius 1 is 0.926 bits per heavy atom. The molecule has 1 unspecified atom stereocenters. The van der Waals surface area contributed by atoms with Crippen LogP contribution >= 0.6 is 0 Å². The Morgan fingerprint density at radius 3 is 1.85 bits per heavy atom. The van der Waals surface area contributed by atoms with Gasteiger partial charge < -0.3 is 20.1 Å². The molecule has 0 saturated carbocycles. The lowest BCUT2D eigenvalue weighted by Crippen LogP contribution is -2.48. The van der Waals surface area contributed by atoms with Gasteiger partial charge in [0.15, 0.2) is 0 Å². The first-order chi connectivity index (χ1) is 12.8. The van der Waals surface area contributed by atoms with Crippen LogP contribution in [0.15, 0.2) is 0 Å². The molecule has 0 aromatic rings. The second kappa shape index (κ2) is 12.7. The standard InChI is InChI=1S/C22H42NO4/c1-4-5-6-7-8-9-10-11-12-13-14-17-22(18-15-16-20(24)25)23(26)21(2,3)19-27-22/h4-19H2,1-3H3,(H,24,25)/q-1. The molecular formula is C22H42NO4-. The number of hydroxylamine groups is 2. The minimum Gasteiger partial charge on any atom is -0.783 e. The van der Waals surface area contributed by atoms with E-state index in [0.29, 0.717) is 25.9 Å². The summed E-state index contributed by atoms with van der Waals surface area (Å²) in [6.07, 6.45) is 15.8. The van der Waals surface area contributed by atoms with Crippen molar-refractivity contribution in [2.24, 2.45) is 0 Å². The summed E-state index contributed by atoms with van der Waals surface area (Å²) in [5, 5.41) is 22.8. The number of rotatable bonds is 16. The predicted octanol–water partition coefficient (Wildman–Crippen LogP) is 6.25. The summed E-state index contributed by atoms with van der Waals surface area (Å²) in [6.45, 7) is 6.47. The molecular weight excluding hydrogens is 342 g/mol. The number of nitrogens with zero attached hydrogens (tertiary/aromatic N) is 1. The summed E-state index contributed by atoms with van der Waals surface area (Å²) in [5.74, 6) is -0.811. The molecule has 0 amide bonds. The van der Waals surface area contributed by atoms with Crippen LogP contribution in [0.2, 0.25) is 0 Å². The van der Waals surface area contributed by atoms with Gasteiger partial charge in [0.05, 0.1) is 6.61 Å². The minimum absolute atomic E-state index is 0.0949. The smallest absolute Gasteiger partial charge is 0.303 e. The van der Waals surface area contributed by atoms with E-state index in [1.807, 2.05) is 13.8 Å². The molecule has 0 aliphatic carbocycles. The van der Waals surface area contributed by atoms with Gasteiger partial charge in [-0.25, -0.2) is 0 Å². The maximum Gasteiger partial charge on any atom is 0.303 e. The first-order valence-electron chi connectivity index (χ1n) is 11.2. The molecule has 0 radical (unpaired) electrons. The molecule has 5 heteroatoms. The van der Waals surface area contributed by atoms with Crippen LogP contribution < -0.4 is 0 Å². The normalized spacial score (nSPS) is 22.4. The largest absolute Gasteiger partial charge is 0.783 e. The zero-order chi connectivity index (χ0) is 20.2. The van der Waals surface area contributed by atoms with E-state index in [9.17, 15) is 10.0 Å². The molecule has 0 spiro atoms. The van der Waals surface area contributed by atoms with Gasteiger partial charge in [0.2, 0.25) is 0 Å². The van der Waals surface area contributed by atoms with Crippen LogP contribution in [0.25, 0.3) is 0 Å². The number of ether oxygens (including phenoxy) is 1. The van der Waals surface area contributed by atoms with Crippen LogP contribution in [-0.4, -0.2) is 34.0 Å². The van der Waals surface area contributed by atoms with Gasteiger partial charge in [0.1, 0.15) is 5.72 Å². The highest BCUT2D eigenvalue weighted by atomic mass is 16.6. The van der Waals surface area contributed by atoms with Gasteiger partial charge in [-0.2, -0.15) is 0 Å². The number of hydrogen-bond donors (Lipinski definition) is 1. The lowest BCUT2D eigenvalue weighted by molar-refractivity contribution is -0.137. The van der Waals surface area contributed by atoms with Crippen molar-refractivity contribution >= 4 is 5.97 Å². The van der Waals surface area contributed by atoms with Crippen LogP contribution in [0.1, 0.15) is 117 Å². The molecule has 27 heavy (non-hydrogen) atoms. The highest BCUT2D eigenvalue weighted by molar-refractivity contribution is 5.66. The fourth-order valence-corrected chi connectivity index (χ4v) is 4.03. The lowest BCUT2D eigenvalue weighted by atomic mass is 9.95. The van der Waals surface area contributed by atoms with Crippen molar-refractivity contribution in [1.29, 1.82) is 0 Å². The third-order valence-corrected chi connectivity index (χ3v) is 5.74. The Kier molecular flexibility index (Phi) is 11.5. The number of unbranched alkanes of at least 4 members (excludes halogenated alkanes) is 10. The molecule has 0 bridgehead atoms. The number of carbonyl (C=O) groups is 1. The highest BCUT2D eigenvalue weighted by Crippen LogP contribution is 2.41. The van der Waals surface area contributed by atoms with E-state index < -0.39 is 17.2 Å². The Hall–Kier alpha value is -0.650. The molecule has 1 aliphatic rings. The second-order valence-corrected chi connectivity index (χ2v) is 8.87.